The number of hydrogen-bond acceptors (Lipinski definition) is 2. The summed E-state index contributed by atoms with van der Waals surface area (Å²) < 4.78 is 0. The highest BCUT2D eigenvalue weighted by molar-refractivity contribution is 6.30. The molecule has 1 aromatic carbocycles. The highest BCUT2D eigenvalue weighted by Gasteiger charge is 2.24. The SMILES string of the molecule is CC(C)(C)c1ccc(CCNC2CCN(C(=O)c3cc(Cl)c[nH]3)CC2)cc1. The Morgan fingerprint density at radius 1 is 1.22 bits per heavy atom. The maximum atomic E-state index is 12.4. The number of rotatable bonds is 5. The highest BCUT2D eigenvalue weighted by Crippen LogP contribution is 2.22. The van der Waals surface area contributed by atoms with Crippen LogP contribution < -0.4 is 5.32 Å². The van der Waals surface area contributed by atoms with Crippen molar-refractivity contribution in [3.63, 3.8) is 0 Å². The quantitative estimate of drug-likeness (QED) is 0.798. The number of aromatic amines is 1. The first-order chi connectivity index (χ1) is 12.8. The minimum atomic E-state index is 0.0410. The molecule has 0 aliphatic carbocycles. The number of amides is 1. The molecule has 0 saturated carbocycles. The van der Waals surface area contributed by atoms with Crippen LogP contribution in [0.3, 0.4) is 0 Å². The largest absolute Gasteiger partial charge is 0.356 e. The number of carbonyl (C=O) groups is 1. The maximum Gasteiger partial charge on any atom is 0.270 e. The molecule has 0 radical (unpaired) electrons. The van der Waals surface area contributed by atoms with Gasteiger partial charge in [-0.3, -0.25) is 4.79 Å². The summed E-state index contributed by atoms with van der Waals surface area (Å²) in [7, 11) is 0. The number of carbonyl (C=O) groups excluding carboxylic acids is 1. The van der Waals surface area contributed by atoms with Crippen molar-refractivity contribution < 1.29 is 4.79 Å². The number of hydrogen-bond donors (Lipinski definition) is 2. The van der Waals surface area contributed by atoms with Gasteiger partial charge in [-0.1, -0.05) is 56.6 Å². The molecule has 2 heterocycles. The summed E-state index contributed by atoms with van der Waals surface area (Å²) in [5.41, 5.74) is 3.52. The predicted molar refractivity (Wildman–Crippen MR) is 112 cm³/mol. The van der Waals surface area contributed by atoms with Gasteiger partial charge in [0.05, 0.1) is 5.02 Å². The van der Waals surface area contributed by atoms with Gasteiger partial charge < -0.3 is 15.2 Å². The number of halogens is 1. The fourth-order valence-corrected chi connectivity index (χ4v) is 3.70. The lowest BCUT2D eigenvalue weighted by Crippen LogP contribution is -2.45. The van der Waals surface area contributed by atoms with E-state index in [1.165, 1.54) is 11.1 Å². The molecular formula is C22H30ClN3O. The second-order valence-corrected chi connectivity index (χ2v) is 8.89. The minimum absolute atomic E-state index is 0.0410. The molecule has 1 fully saturated rings. The number of benzene rings is 1. The molecule has 1 aliphatic rings. The maximum absolute atomic E-state index is 12.4. The first kappa shape index (κ1) is 20.0. The van der Waals surface area contributed by atoms with Crippen LogP contribution in [0.2, 0.25) is 5.02 Å². The van der Waals surface area contributed by atoms with E-state index in [4.69, 9.17) is 11.6 Å². The van der Waals surface area contributed by atoms with Crippen molar-refractivity contribution in [2.75, 3.05) is 19.6 Å². The van der Waals surface area contributed by atoms with Crippen LogP contribution in [0.1, 0.15) is 55.2 Å². The molecular weight excluding hydrogens is 358 g/mol. The Labute approximate surface area is 167 Å². The Bertz CT molecular complexity index is 753. The summed E-state index contributed by atoms with van der Waals surface area (Å²) >= 11 is 5.89. The average molecular weight is 388 g/mol. The van der Waals surface area contributed by atoms with Crippen LogP contribution in [-0.4, -0.2) is 41.5 Å². The molecule has 0 unspecified atom stereocenters. The summed E-state index contributed by atoms with van der Waals surface area (Å²) in [6.07, 6.45) is 4.66. The van der Waals surface area contributed by atoms with E-state index in [1.807, 2.05) is 4.90 Å². The predicted octanol–water partition coefficient (Wildman–Crippen LogP) is 4.40. The van der Waals surface area contributed by atoms with E-state index in [9.17, 15) is 4.79 Å². The normalized spacial score (nSPS) is 15.9. The molecule has 0 bridgehead atoms. The molecule has 0 spiro atoms. The third-order valence-electron chi connectivity index (χ3n) is 5.33. The molecule has 0 atom stereocenters. The lowest BCUT2D eigenvalue weighted by molar-refractivity contribution is 0.0700. The third kappa shape index (κ3) is 5.36. The van der Waals surface area contributed by atoms with Gasteiger partial charge in [0.25, 0.3) is 5.91 Å². The van der Waals surface area contributed by atoms with E-state index in [2.05, 4.69) is 55.3 Å². The topological polar surface area (TPSA) is 48.1 Å². The van der Waals surface area contributed by atoms with Gasteiger partial charge in [-0.05, 0) is 48.4 Å². The molecule has 2 N–H and O–H groups in total. The zero-order valence-corrected chi connectivity index (χ0v) is 17.3. The lowest BCUT2D eigenvalue weighted by Gasteiger charge is -2.32. The van der Waals surface area contributed by atoms with Crippen molar-refractivity contribution in [2.45, 2.75) is 51.5 Å². The van der Waals surface area contributed by atoms with Crippen molar-refractivity contribution in [3.05, 3.63) is 58.4 Å². The van der Waals surface area contributed by atoms with Gasteiger partial charge in [-0.15, -0.1) is 0 Å². The van der Waals surface area contributed by atoms with E-state index in [0.717, 1.165) is 38.9 Å². The standard InChI is InChI=1S/C22H30ClN3O/c1-22(2,3)17-6-4-16(5-7-17)8-11-24-19-9-12-26(13-10-19)21(27)20-14-18(23)15-25-20/h4-7,14-15,19,24-25H,8-13H2,1-3H3. The number of piperidine rings is 1. The van der Waals surface area contributed by atoms with Crippen LogP contribution in [0.5, 0.6) is 0 Å². The summed E-state index contributed by atoms with van der Waals surface area (Å²) in [4.78, 5) is 17.3. The van der Waals surface area contributed by atoms with Gasteiger partial charge in [-0.2, -0.15) is 0 Å². The molecule has 1 aliphatic heterocycles. The molecule has 4 nitrogen and oxygen atoms in total. The van der Waals surface area contributed by atoms with Crippen LogP contribution in [0.4, 0.5) is 0 Å². The highest BCUT2D eigenvalue weighted by atomic mass is 35.5. The fraction of sp³-hybridized carbons (Fsp3) is 0.500. The van der Waals surface area contributed by atoms with Crippen molar-refractivity contribution >= 4 is 17.5 Å². The van der Waals surface area contributed by atoms with Crippen LogP contribution >= 0.6 is 11.6 Å². The first-order valence-electron chi connectivity index (χ1n) is 9.79. The number of nitrogens with zero attached hydrogens (tertiary/aromatic N) is 1. The monoisotopic (exact) mass is 387 g/mol. The number of H-pyrrole nitrogens is 1. The van der Waals surface area contributed by atoms with Crippen molar-refractivity contribution in [3.8, 4) is 0 Å². The molecule has 3 rings (SSSR count). The summed E-state index contributed by atoms with van der Waals surface area (Å²) in [6, 6.07) is 11.1. The smallest absolute Gasteiger partial charge is 0.270 e. The summed E-state index contributed by atoms with van der Waals surface area (Å²) in [5.74, 6) is 0.0410. The molecule has 1 saturated heterocycles. The Morgan fingerprint density at radius 3 is 2.44 bits per heavy atom. The van der Waals surface area contributed by atoms with Crippen molar-refractivity contribution in [2.24, 2.45) is 0 Å². The van der Waals surface area contributed by atoms with Crippen molar-refractivity contribution in [1.29, 1.82) is 0 Å². The Morgan fingerprint density at radius 2 is 1.89 bits per heavy atom. The van der Waals surface area contributed by atoms with Gasteiger partial charge in [0, 0.05) is 25.3 Å². The number of aromatic nitrogens is 1. The van der Waals surface area contributed by atoms with E-state index in [-0.39, 0.29) is 11.3 Å². The van der Waals surface area contributed by atoms with Crippen molar-refractivity contribution in [1.82, 2.24) is 15.2 Å². The average Bonchev–Trinajstić information content (AvgIpc) is 3.08. The van der Waals surface area contributed by atoms with Gasteiger partial charge in [-0.25, -0.2) is 0 Å². The molecule has 1 amide bonds. The van der Waals surface area contributed by atoms with E-state index < -0.39 is 0 Å². The van der Waals surface area contributed by atoms with Crippen LogP contribution in [0.25, 0.3) is 0 Å². The molecule has 5 heteroatoms. The summed E-state index contributed by atoms with van der Waals surface area (Å²) in [6.45, 7) is 9.27. The van der Waals surface area contributed by atoms with Gasteiger partial charge >= 0.3 is 0 Å². The second-order valence-electron chi connectivity index (χ2n) is 8.45. The van der Waals surface area contributed by atoms with Crippen LogP contribution in [0.15, 0.2) is 36.5 Å². The Kier molecular flexibility index (Phi) is 6.28. The number of likely N-dealkylation sites (tertiary alicyclic amines) is 1. The Hall–Kier alpha value is -1.78. The van der Waals surface area contributed by atoms with Gasteiger partial charge in [0.15, 0.2) is 0 Å². The minimum Gasteiger partial charge on any atom is -0.356 e. The van der Waals surface area contributed by atoms with Gasteiger partial charge in [0.2, 0.25) is 0 Å². The van der Waals surface area contributed by atoms with Gasteiger partial charge in [0.1, 0.15) is 5.69 Å². The zero-order chi connectivity index (χ0) is 19.4. The zero-order valence-electron chi connectivity index (χ0n) is 16.5. The molecule has 1 aromatic heterocycles. The van der Waals surface area contributed by atoms with Crippen LogP contribution in [-0.2, 0) is 11.8 Å². The molecule has 2 aromatic rings. The van der Waals surface area contributed by atoms with E-state index >= 15 is 0 Å². The molecule has 27 heavy (non-hydrogen) atoms. The van der Waals surface area contributed by atoms with E-state index in [1.54, 1.807) is 12.3 Å². The molecule has 146 valence electrons. The summed E-state index contributed by atoms with van der Waals surface area (Å²) in [5, 5.41) is 4.23. The first-order valence-corrected chi connectivity index (χ1v) is 10.2. The van der Waals surface area contributed by atoms with Crippen LogP contribution in [0, 0.1) is 0 Å². The second kappa shape index (κ2) is 8.49. The fourth-order valence-electron chi connectivity index (χ4n) is 3.54. The Balaban J connectivity index is 1.40. The lowest BCUT2D eigenvalue weighted by atomic mass is 9.86. The van der Waals surface area contributed by atoms with E-state index in [0.29, 0.717) is 16.8 Å². The third-order valence-corrected chi connectivity index (χ3v) is 5.55. The number of nitrogens with one attached hydrogen (secondary N) is 2.